The summed E-state index contributed by atoms with van der Waals surface area (Å²) in [6.07, 6.45) is 2.37. The fourth-order valence-corrected chi connectivity index (χ4v) is 7.15. The van der Waals surface area contributed by atoms with Crippen LogP contribution in [0.15, 0.2) is 71.8 Å². The molecule has 0 aliphatic carbocycles. The van der Waals surface area contributed by atoms with E-state index in [1.54, 1.807) is 61.8 Å². The molecule has 3 N–H and O–H groups in total. The van der Waals surface area contributed by atoms with Crippen molar-refractivity contribution in [2.45, 2.75) is 23.8 Å². The van der Waals surface area contributed by atoms with Crippen LogP contribution in [-0.4, -0.2) is 53.2 Å². The van der Waals surface area contributed by atoms with Crippen LogP contribution < -0.4 is 14.8 Å². The number of aromatic nitrogens is 2. The molecule has 1 amide bonds. The molecule has 192 valence electrons. The second-order valence-electron chi connectivity index (χ2n) is 8.81. The molecule has 0 radical (unpaired) electrons. The summed E-state index contributed by atoms with van der Waals surface area (Å²) in [5.41, 5.74) is 3.66. The van der Waals surface area contributed by atoms with Crippen molar-refractivity contribution in [2.75, 3.05) is 23.9 Å². The first-order chi connectivity index (χ1) is 17.8. The molecular weight excluding hydrogens is 512 g/mol. The Bertz CT molecular complexity index is 1580. The SMILES string of the molecule is COc1cccc(NC(=O)Cc2cc3c(-c4ccc(S(=O)(=O)NC5CCS(=O)C5)cc4)ccnc3[nH]2)c1. The van der Waals surface area contributed by atoms with Crippen LogP contribution in [0.4, 0.5) is 5.69 Å². The number of hydrogen-bond donors (Lipinski definition) is 3. The Labute approximate surface area is 217 Å². The van der Waals surface area contributed by atoms with Gasteiger partial charge in [-0.2, -0.15) is 0 Å². The van der Waals surface area contributed by atoms with E-state index in [9.17, 15) is 17.4 Å². The van der Waals surface area contributed by atoms with Crippen LogP contribution >= 0.6 is 0 Å². The summed E-state index contributed by atoms with van der Waals surface area (Å²) in [5, 5.41) is 3.69. The first kappa shape index (κ1) is 25.1. The third-order valence-electron chi connectivity index (χ3n) is 6.17. The lowest BCUT2D eigenvalue weighted by Crippen LogP contribution is -2.35. The molecule has 1 aliphatic rings. The van der Waals surface area contributed by atoms with Gasteiger partial charge in [0.1, 0.15) is 11.4 Å². The third-order valence-corrected chi connectivity index (χ3v) is 9.17. The van der Waals surface area contributed by atoms with Crippen molar-refractivity contribution in [1.29, 1.82) is 0 Å². The number of nitrogens with one attached hydrogen (secondary N) is 3. The minimum atomic E-state index is -3.70. The molecule has 1 fully saturated rings. The number of nitrogens with zero attached hydrogens (tertiary/aromatic N) is 1. The Morgan fingerprint density at radius 1 is 1.16 bits per heavy atom. The third kappa shape index (κ3) is 5.74. The van der Waals surface area contributed by atoms with E-state index in [-0.39, 0.29) is 23.3 Å². The summed E-state index contributed by atoms with van der Waals surface area (Å²) in [7, 11) is -3.10. The lowest BCUT2D eigenvalue weighted by atomic mass is 10.0. The van der Waals surface area contributed by atoms with E-state index in [0.29, 0.717) is 40.7 Å². The number of carbonyl (C=O) groups is 1. The topological polar surface area (TPSA) is 130 Å². The maximum absolute atomic E-state index is 12.8. The molecule has 2 aromatic carbocycles. The predicted octanol–water partition coefficient (Wildman–Crippen LogP) is 3.22. The van der Waals surface area contributed by atoms with Gasteiger partial charge in [-0.1, -0.05) is 18.2 Å². The molecule has 0 bridgehead atoms. The highest BCUT2D eigenvalue weighted by Crippen LogP contribution is 2.29. The fraction of sp³-hybridized carbons (Fsp3) is 0.231. The van der Waals surface area contributed by atoms with Crippen molar-refractivity contribution in [3.8, 4) is 16.9 Å². The molecule has 2 unspecified atom stereocenters. The van der Waals surface area contributed by atoms with Gasteiger partial charge < -0.3 is 15.0 Å². The van der Waals surface area contributed by atoms with E-state index in [2.05, 4.69) is 20.0 Å². The summed E-state index contributed by atoms with van der Waals surface area (Å²) in [5.74, 6) is 1.34. The number of ether oxygens (including phenoxy) is 1. The highest BCUT2D eigenvalue weighted by atomic mass is 32.2. The van der Waals surface area contributed by atoms with Crippen LogP contribution in [0.5, 0.6) is 5.75 Å². The molecule has 1 aliphatic heterocycles. The van der Waals surface area contributed by atoms with E-state index >= 15 is 0 Å². The number of H-pyrrole nitrogens is 1. The van der Waals surface area contributed by atoms with E-state index < -0.39 is 20.8 Å². The molecule has 1 saturated heterocycles. The average molecular weight is 539 g/mol. The van der Waals surface area contributed by atoms with Crippen LogP contribution in [0.1, 0.15) is 12.1 Å². The van der Waals surface area contributed by atoms with E-state index in [1.165, 1.54) is 0 Å². The van der Waals surface area contributed by atoms with Crippen molar-refractivity contribution in [1.82, 2.24) is 14.7 Å². The second kappa shape index (κ2) is 10.4. The van der Waals surface area contributed by atoms with Gasteiger partial charge in [-0.15, -0.1) is 0 Å². The number of pyridine rings is 1. The standard InChI is InChI=1S/C26H26N4O5S2/c1-35-21-4-2-3-18(13-21)28-25(31)15-20-14-24-23(9-11-27-26(24)29-20)17-5-7-22(8-6-17)37(33,34)30-19-10-12-36(32)16-19/h2-9,11,13-14,19,30H,10,12,15-16H2,1H3,(H,27,29)(H,28,31). The van der Waals surface area contributed by atoms with Crippen LogP contribution in [0.25, 0.3) is 22.2 Å². The number of carbonyl (C=O) groups excluding carboxylic acids is 1. The largest absolute Gasteiger partial charge is 0.497 e. The van der Waals surface area contributed by atoms with Crippen LogP contribution in [-0.2, 0) is 32.0 Å². The monoisotopic (exact) mass is 538 g/mol. The summed E-state index contributed by atoms with van der Waals surface area (Å²) in [6, 6.07) is 17.2. The van der Waals surface area contributed by atoms with Crippen LogP contribution in [0, 0.1) is 0 Å². The van der Waals surface area contributed by atoms with Crippen molar-refractivity contribution in [3.05, 3.63) is 72.6 Å². The highest BCUT2D eigenvalue weighted by Gasteiger charge is 2.26. The molecule has 0 saturated carbocycles. The van der Waals surface area contributed by atoms with Gasteiger partial charge in [-0.05, 0) is 53.9 Å². The van der Waals surface area contributed by atoms with Crippen molar-refractivity contribution >= 4 is 43.5 Å². The maximum Gasteiger partial charge on any atom is 0.240 e. The Hall–Kier alpha value is -3.54. The molecule has 0 spiro atoms. The molecule has 2 atom stereocenters. The zero-order valence-corrected chi connectivity index (χ0v) is 21.7. The quantitative estimate of drug-likeness (QED) is 0.316. The summed E-state index contributed by atoms with van der Waals surface area (Å²) >= 11 is 0. The van der Waals surface area contributed by atoms with Gasteiger partial charge in [-0.3, -0.25) is 9.00 Å². The number of amides is 1. The highest BCUT2D eigenvalue weighted by molar-refractivity contribution is 7.89. The molecule has 2 aromatic heterocycles. The van der Waals surface area contributed by atoms with Crippen molar-refractivity contribution in [2.24, 2.45) is 0 Å². The van der Waals surface area contributed by atoms with E-state index in [1.807, 2.05) is 12.1 Å². The van der Waals surface area contributed by atoms with Crippen molar-refractivity contribution < 1.29 is 22.2 Å². The van der Waals surface area contributed by atoms with Gasteiger partial charge >= 0.3 is 0 Å². The first-order valence-electron chi connectivity index (χ1n) is 11.7. The molecular formula is C26H26N4O5S2. The van der Waals surface area contributed by atoms with Crippen LogP contribution in [0.2, 0.25) is 0 Å². The van der Waals surface area contributed by atoms with Gasteiger partial charge in [0.25, 0.3) is 0 Å². The van der Waals surface area contributed by atoms with Crippen LogP contribution in [0.3, 0.4) is 0 Å². The Kier molecular flexibility index (Phi) is 7.09. The zero-order chi connectivity index (χ0) is 26.0. The molecule has 5 rings (SSSR count). The fourth-order valence-electron chi connectivity index (χ4n) is 4.37. The first-order valence-corrected chi connectivity index (χ1v) is 14.7. The Balaban J connectivity index is 1.33. The number of aromatic amines is 1. The minimum absolute atomic E-state index is 0.127. The molecule has 37 heavy (non-hydrogen) atoms. The molecule has 4 aromatic rings. The smallest absolute Gasteiger partial charge is 0.240 e. The number of fused-ring (bicyclic) bond motifs is 1. The number of methoxy groups -OCH3 is 1. The second-order valence-corrected chi connectivity index (χ2v) is 12.1. The summed E-state index contributed by atoms with van der Waals surface area (Å²) < 4.78 is 45.0. The molecule has 9 nitrogen and oxygen atoms in total. The van der Waals surface area contributed by atoms with Gasteiger partial charge in [0, 0.05) is 57.4 Å². The van der Waals surface area contributed by atoms with Gasteiger partial charge in [0.2, 0.25) is 15.9 Å². The van der Waals surface area contributed by atoms with Crippen molar-refractivity contribution in [3.63, 3.8) is 0 Å². The van der Waals surface area contributed by atoms with E-state index in [0.717, 1.165) is 16.5 Å². The van der Waals surface area contributed by atoms with E-state index in [4.69, 9.17) is 4.74 Å². The van der Waals surface area contributed by atoms with Gasteiger partial charge in [0.15, 0.2) is 0 Å². The zero-order valence-electron chi connectivity index (χ0n) is 20.1. The summed E-state index contributed by atoms with van der Waals surface area (Å²) in [6.45, 7) is 0. The predicted molar refractivity (Wildman–Crippen MR) is 143 cm³/mol. The average Bonchev–Trinajstić information content (AvgIpc) is 3.48. The number of benzene rings is 2. The number of anilines is 1. The van der Waals surface area contributed by atoms with Gasteiger partial charge in [0.05, 0.1) is 18.4 Å². The number of rotatable bonds is 8. The lowest BCUT2D eigenvalue weighted by Gasteiger charge is -2.12. The summed E-state index contributed by atoms with van der Waals surface area (Å²) in [4.78, 5) is 20.4. The number of sulfonamides is 1. The molecule has 3 heterocycles. The van der Waals surface area contributed by atoms with Gasteiger partial charge in [-0.25, -0.2) is 18.1 Å². The Morgan fingerprint density at radius 3 is 2.70 bits per heavy atom. The Morgan fingerprint density at radius 2 is 1.97 bits per heavy atom. The maximum atomic E-state index is 12.8. The minimum Gasteiger partial charge on any atom is -0.497 e. The molecule has 11 heteroatoms. The number of hydrogen-bond acceptors (Lipinski definition) is 6. The normalized spacial score (nSPS) is 17.6. The lowest BCUT2D eigenvalue weighted by molar-refractivity contribution is -0.115.